The topological polar surface area (TPSA) is 16.4 Å². The van der Waals surface area contributed by atoms with Gasteiger partial charge in [0, 0.05) is 27.7 Å². The number of hydrogen-bond donors (Lipinski definition) is 0. The predicted octanol–water partition coefficient (Wildman–Crippen LogP) is 11.5. The standard InChI is InChI=1S/C40H27NO/c1-2-11-31-25-32(20-19-28(31)9-1)29-21-23-35(24-22-29)41(38-17-8-13-30-10-3-5-16-37(30)38)36-15-7-14-33(26-36)40-27-34-12-4-6-18-39(34)42-40/h1-27H. The van der Waals surface area contributed by atoms with Crippen molar-refractivity contribution in [3.63, 3.8) is 0 Å². The van der Waals surface area contributed by atoms with Gasteiger partial charge >= 0.3 is 0 Å². The lowest BCUT2D eigenvalue weighted by molar-refractivity contribution is 0.631. The van der Waals surface area contributed by atoms with E-state index in [1.54, 1.807) is 0 Å². The monoisotopic (exact) mass is 537 g/mol. The van der Waals surface area contributed by atoms with Gasteiger partial charge in [-0.15, -0.1) is 0 Å². The van der Waals surface area contributed by atoms with Crippen molar-refractivity contribution in [2.24, 2.45) is 0 Å². The van der Waals surface area contributed by atoms with Crippen molar-refractivity contribution in [1.82, 2.24) is 0 Å². The number of nitrogens with zero attached hydrogens (tertiary/aromatic N) is 1. The third-order valence-electron chi connectivity index (χ3n) is 8.03. The fourth-order valence-electron chi connectivity index (χ4n) is 5.92. The zero-order valence-corrected chi connectivity index (χ0v) is 22.9. The van der Waals surface area contributed by atoms with Crippen LogP contribution in [0, 0.1) is 0 Å². The molecule has 0 atom stereocenters. The molecule has 0 saturated carbocycles. The molecule has 0 radical (unpaired) electrons. The molecule has 0 aliphatic rings. The van der Waals surface area contributed by atoms with Crippen molar-refractivity contribution in [2.45, 2.75) is 0 Å². The maximum atomic E-state index is 6.25. The summed E-state index contributed by atoms with van der Waals surface area (Å²) in [5.41, 5.74) is 7.64. The van der Waals surface area contributed by atoms with E-state index in [0.717, 1.165) is 39.4 Å². The smallest absolute Gasteiger partial charge is 0.135 e. The molecule has 0 amide bonds. The van der Waals surface area contributed by atoms with Crippen LogP contribution in [0.25, 0.3) is 55.0 Å². The lowest BCUT2D eigenvalue weighted by Gasteiger charge is -2.27. The maximum absolute atomic E-state index is 6.25. The van der Waals surface area contributed by atoms with Crippen LogP contribution in [0.5, 0.6) is 0 Å². The van der Waals surface area contributed by atoms with Crippen LogP contribution in [0.1, 0.15) is 0 Å². The second-order valence-electron chi connectivity index (χ2n) is 10.6. The lowest BCUT2D eigenvalue weighted by atomic mass is 10.0. The van der Waals surface area contributed by atoms with E-state index >= 15 is 0 Å². The first-order valence-corrected chi connectivity index (χ1v) is 14.3. The highest BCUT2D eigenvalue weighted by molar-refractivity contribution is 5.99. The van der Waals surface area contributed by atoms with Gasteiger partial charge in [0.2, 0.25) is 0 Å². The highest BCUT2D eigenvalue weighted by Gasteiger charge is 2.17. The van der Waals surface area contributed by atoms with Gasteiger partial charge < -0.3 is 9.32 Å². The molecule has 0 unspecified atom stereocenters. The number of hydrogen-bond acceptors (Lipinski definition) is 2. The average Bonchev–Trinajstić information content (AvgIpc) is 3.50. The Hall–Kier alpha value is -5.60. The number of para-hydroxylation sites is 1. The lowest BCUT2D eigenvalue weighted by Crippen LogP contribution is -2.10. The molecule has 1 aromatic heterocycles. The molecule has 1 heterocycles. The van der Waals surface area contributed by atoms with Gasteiger partial charge in [-0.25, -0.2) is 0 Å². The molecule has 0 bridgehead atoms. The molecule has 198 valence electrons. The van der Waals surface area contributed by atoms with Crippen molar-refractivity contribution in [1.29, 1.82) is 0 Å². The van der Waals surface area contributed by atoms with E-state index in [2.05, 4.69) is 150 Å². The first-order chi connectivity index (χ1) is 20.8. The molecular weight excluding hydrogens is 510 g/mol. The van der Waals surface area contributed by atoms with Gasteiger partial charge in [-0.05, 0) is 75.8 Å². The second kappa shape index (κ2) is 10.1. The Labute approximate surface area is 244 Å². The molecule has 8 aromatic rings. The Morgan fingerprint density at radius 3 is 1.93 bits per heavy atom. The first kappa shape index (κ1) is 24.2. The Balaban J connectivity index is 1.26. The van der Waals surface area contributed by atoms with Gasteiger partial charge in [0.15, 0.2) is 0 Å². The number of furan rings is 1. The molecule has 0 aliphatic carbocycles. The van der Waals surface area contributed by atoms with Crippen LogP contribution in [-0.2, 0) is 0 Å². The fraction of sp³-hybridized carbons (Fsp3) is 0. The van der Waals surface area contributed by atoms with Crippen molar-refractivity contribution in [3.05, 3.63) is 164 Å². The summed E-state index contributed by atoms with van der Waals surface area (Å²) < 4.78 is 6.25. The minimum absolute atomic E-state index is 0.863. The van der Waals surface area contributed by atoms with E-state index in [1.165, 1.54) is 32.7 Å². The van der Waals surface area contributed by atoms with Crippen LogP contribution >= 0.6 is 0 Å². The molecule has 0 aliphatic heterocycles. The normalized spacial score (nSPS) is 11.3. The van der Waals surface area contributed by atoms with Crippen LogP contribution in [-0.4, -0.2) is 0 Å². The van der Waals surface area contributed by atoms with E-state index in [4.69, 9.17) is 4.42 Å². The quantitative estimate of drug-likeness (QED) is 0.217. The van der Waals surface area contributed by atoms with Crippen molar-refractivity contribution in [2.75, 3.05) is 4.90 Å². The summed E-state index contributed by atoms with van der Waals surface area (Å²) in [4.78, 5) is 2.35. The van der Waals surface area contributed by atoms with Crippen molar-refractivity contribution in [3.8, 4) is 22.5 Å². The van der Waals surface area contributed by atoms with E-state index < -0.39 is 0 Å². The zero-order chi connectivity index (χ0) is 27.9. The molecule has 8 rings (SSSR count). The third-order valence-corrected chi connectivity index (χ3v) is 8.03. The van der Waals surface area contributed by atoms with Gasteiger partial charge in [0.1, 0.15) is 11.3 Å². The molecule has 0 N–H and O–H groups in total. The SMILES string of the molecule is c1cc(-c2cc3ccccc3o2)cc(N(c2ccc(-c3ccc4ccccc4c3)cc2)c2cccc3ccccc23)c1. The molecule has 0 fully saturated rings. The summed E-state index contributed by atoms with van der Waals surface area (Å²) >= 11 is 0. The zero-order valence-electron chi connectivity index (χ0n) is 22.9. The largest absolute Gasteiger partial charge is 0.456 e. The minimum Gasteiger partial charge on any atom is -0.456 e. The van der Waals surface area contributed by atoms with E-state index in [0.29, 0.717) is 0 Å². The van der Waals surface area contributed by atoms with Crippen molar-refractivity contribution < 1.29 is 4.42 Å². The minimum atomic E-state index is 0.863. The fourth-order valence-corrected chi connectivity index (χ4v) is 5.92. The molecule has 2 nitrogen and oxygen atoms in total. The molecule has 0 saturated heterocycles. The van der Waals surface area contributed by atoms with Crippen LogP contribution < -0.4 is 4.90 Å². The van der Waals surface area contributed by atoms with E-state index in [-0.39, 0.29) is 0 Å². The molecular formula is C40H27NO. The van der Waals surface area contributed by atoms with Gasteiger partial charge in [-0.1, -0.05) is 115 Å². The number of fused-ring (bicyclic) bond motifs is 3. The summed E-state index contributed by atoms with van der Waals surface area (Å²) in [6, 6.07) is 58.0. The molecule has 42 heavy (non-hydrogen) atoms. The molecule has 7 aromatic carbocycles. The van der Waals surface area contributed by atoms with E-state index in [9.17, 15) is 0 Å². The Morgan fingerprint density at radius 2 is 1.07 bits per heavy atom. The number of rotatable bonds is 5. The van der Waals surface area contributed by atoms with Gasteiger partial charge in [-0.3, -0.25) is 0 Å². The van der Waals surface area contributed by atoms with Gasteiger partial charge in [0.25, 0.3) is 0 Å². The van der Waals surface area contributed by atoms with E-state index in [1.807, 2.05) is 18.2 Å². The summed E-state index contributed by atoms with van der Waals surface area (Å²) in [7, 11) is 0. The average molecular weight is 538 g/mol. The summed E-state index contributed by atoms with van der Waals surface area (Å²) in [6.45, 7) is 0. The van der Waals surface area contributed by atoms with Crippen LogP contribution in [0.2, 0.25) is 0 Å². The Bertz CT molecular complexity index is 2170. The van der Waals surface area contributed by atoms with Crippen LogP contribution in [0.4, 0.5) is 17.1 Å². The maximum Gasteiger partial charge on any atom is 0.135 e. The van der Waals surface area contributed by atoms with Crippen LogP contribution in [0.3, 0.4) is 0 Å². The highest BCUT2D eigenvalue weighted by atomic mass is 16.3. The summed E-state index contributed by atoms with van der Waals surface area (Å²) in [5.74, 6) is 0.863. The third kappa shape index (κ3) is 4.31. The van der Waals surface area contributed by atoms with Crippen molar-refractivity contribution >= 4 is 49.6 Å². The van der Waals surface area contributed by atoms with Gasteiger partial charge in [-0.2, -0.15) is 0 Å². The number of anilines is 3. The Morgan fingerprint density at radius 1 is 0.381 bits per heavy atom. The first-order valence-electron chi connectivity index (χ1n) is 14.3. The second-order valence-corrected chi connectivity index (χ2v) is 10.6. The summed E-state index contributed by atoms with van der Waals surface area (Å²) in [6.07, 6.45) is 0. The predicted molar refractivity (Wildman–Crippen MR) is 177 cm³/mol. The summed E-state index contributed by atoms with van der Waals surface area (Å²) in [5, 5.41) is 6.02. The Kier molecular flexibility index (Phi) is 5.82. The van der Waals surface area contributed by atoms with Gasteiger partial charge in [0.05, 0.1) is 5.69 Å². The highest BCUT2D eigenvalue weighted by Crippen LogP contribution is 2.41. The molecule has 0 spiro atoms. The molecule has 2 heteroatoms. The van der Waals surface area contributed by atoms with Crippen LogP contribution in [0.15, 0.2) is 168 Å². The number of benzene rings is 7.